The van der Waals surface area contributed by atoms with Gasteiger partial charge < -0.3 is 20.2 Å². The Bertz CT molecular complexity index is 482. The number of nitrogens with one attached hydrogen (secondary N) is 1. The van der Waals surface area contributed by atoms with Crippen LogP contribution in [0.15, 0.2) is 24.3 Å². The molecule has 1 fully saturated rings. The van der Waals surface area contributed by atoms with Crippen molar-refractivity contribution in [2.45, 2.75) is 58.2 Å². The zero-order valence-corrected chi connectivity index (χ0v) is 16.7. The highest BCUT2D eigenvalue weighted by Gasteiger charge is 2.18. The van der Waals surface area contributed by atoms with Crippen LogP contribution in [0.5, 0.6) is 0 Å². The Balaban J connectivity index is 1.95. The number of hydrogen-bond donors (Lipinski definition) is 2. The number of likely N-dealkylation sites (N-methyl/N-ethyl adjacent to an activating group) is 1. The Morgan fingerprint density at radius 1 is 1.12 bits per heavy atom. The first-order valence-electron chi connectivity index (χ1n) is 9.79. The van der Waals surface area contributed by atoms with E-state index in [9.17, 15) is 5.11 Å². The van der Waals surface area contributed by atoms with E-state index in [0.717, 1.165) is 32.5 Å². The fraction of sp³-hybridized carbons (Fsp3) is 0.714. The molecular weight excluding hydrogens is 310 g/mol. The maximum absolute atomic E-state index is 9.66. The first-order valence-corrected chi connectivity index (χ1v) is 9.79. The Hall–Kier alpha value is -1.10. The molecule has 0 radical (unpaired) electrons. The van der Waals surface area contributed by atoms with Crippen molar-refractivity contribution in [2.75, 3.05) is 38.6 Å². The van der Waals surface area contributed by atoms with Crippen LogP contribution >= 0.6 is 0 Å². The van der Waals surface area contributed by atoms with Crippen LogP contribution in [0.4, 0.5) is 5.69 Å². The number of hydrogen-bond acceptors (Lipinski definition) is 4. The maximum atomic E-state index is 9.66. The van der Waals surface area contributed by atoms with E-state index in [1.807, 2.05) is 0 Å². The summed E-state index contributed by atoms with van der Waals surface area (Å²) in [6.45, 7) is 9.81. The summed E-state index contributed by atoms with van der Waals surface area (Å²) in [7, 11) is 4.29. The van der Waals surface area contributed by atoms with Crippen molar-refractivity contribution in [2.24, 2.45) is 5.92 Å². The van der Waals surface area contributed by atoms with Gasteiger partial charge in [-0.2, -0.15) is 0 Å². The monoisotopic (exact) mass is 347 g/mol. The highest BCUT2D eigenvalue weighted by Crippen LogP contribution is 2.23. The van der Waals surface area contributed by atoms with Gasteiger partial charge in [-0.15, -0.1) is 0 Å². The minimum absolute atomic E-state index is 0.116. The van der Waals surface area contributed by atoms with Crippen molar-refractivity contribution in [3.8, 4) is 0 Å². The number of rotatable bonds is 8. The summed E-state index contributed by atoms with van der Waals surface area (Å²) >= 11 is 0. The van der Waals surface area contributed by atoms with Crippen LogP contribution in [-0.4, -0.2) is 55.9 Å². The molecule has 2 unspecified atom stereocenters. The molecule has 2 atom stereocenters. The van der Waals surface area contributed by atoms with E-state index in [1.54, 1.807) is 0 Å². The van der Waals surface area contributed by atoms with Gasteiger partial charge in [-0.1, -0.05) is 26.0 Å². The third kappa shape index (κ3) is 6.61. The number of piperidine rings is 1. The lowest BCUT2D eigenvalue weighted by molar-refractivity contribution is 0.145. The number of nitrogens with zero attached hydrogens (tertiary/aromatic N) is 2. The smallest absolute Gasteiger partial charge is 0.0574 e. The second-order valence-electron chi connectivity index (χ2n) is 8.29. The van der Waals surface area contributed by atoms with Crippen LogP contribution in [0.2, 0.25) is 0 Å². The third-order valence-electron chi connectivity index (χ3n) is 5.05. The second-order valence-corrected chi connectivity index (χ2v) is 8.29. The van der Waals surface area contributed by atoms with E-state index in [1.165, 1.54) is 17.7 Å². The van der Waals surface area contributed by atoms with Gasteiger partial charge >= 0.3 is 0 Å². The molecule has 25 heavy (non-hydrogen) atoms. The standard InChI is InChI=1S/C21H37N3O/c1-16(2)14-19(15-23(4)5)22-17(3)18-6-8-20(9-7-18)24-12-10-21(25)11-13-24/h6-9,16-17,19,21-22,25H,10-15H2,1-5H3. The molecule has 1 aromatic carbocycles. The molecule has 142 valence electrons. The van der Waals surface area contributed by atoms with Crippen LogP contribution in [0, 0.1) is 5.92 Å². The molecule has 0 aromatic heterocycles. The molecule has 0 spiro atoms. The molecule has 4 heteroatoms. The van der Waals surface area contributed by atoms with Crippen molar-refractivity contribution in [3.63, 3.8) is 0 Å². The molecular formula is C21H37N3O. The molecule has 0 saturated carbocycles. The zero-order valence-electron chi connectivity index (χ0n) is 16.7. The van der Waals surface area contributed by atoms with Gasteiger partial charge in [-0.25, -0.2) is 0 Å². The highest BCUT2D eigenvalue weighted by molar-refractivity contribution is 5.48. The SMILES string of the molecule is CC(C)CC(CN(C)C)NC(C)c1ccc(N2CCC(O)CC2)cc1. The van der Waals surface area contributed by atoms with Crippen LogP contribution in [0.3, 0.4) is 0 Å². The molecule has 1 aliphatic heterocycles. The lowest BCUT2D eigenvalue weighted by Crippen LogP contribution is -2.40. The van der Waals surface area contributed by atoms with Crippen molar-refractivity contribution in [3.05, 3.63) is 29.8 Å². The van der Waals surface area contributed by atoms with Crippen LogP contribution in [0.25, 0.3) is 0 Å². The first-order chi connectivity index (χ1) is 11.8. The minimum Gasteiger partial charge on any atom is -0.393 e. The lowest BCUT2D eigenvalue weighted by atomic mass is 10.0. The molecule has 2 rings (SSSR count). The highest BCUT2D eigenvalue weighted by atomic mass is 16.3. The van der Waals surface area contributed by atoms with E-state index in [2.05, 4.69) is 74.2 Å². The van der Waals surface area contributed by atoms with Crippen molar-refractivity contribution < 1.29 is 5.11 Å². The Morgan fingerprint density at radius 3 is 2.24 bits per heavy atom. The predicted molar refractivity (Wildman–Crippen MR) is 107 cm³/mol. The molecule has 1 aromatic rings. The summed E-state index contributed by atoms with van der Waals surface area (Å²) in [5.41, 5.74) is 2.61. The molecule has 4 nitrogen and oxygen atoms in total. The lowest BCUT2D eigenvalue weighted by Gasteiger charge is -2.32. The topological polar surface area (TPSA) is 38.7 Å². The normalized spacial score (nSPS) is 18.8. The van der Waals surface area contributed by atoms with Gasteiger partial charge in [0.15, 0.2) is 0 Å². The van der Waals surface area contributed by atoms with Gasteiger partial charge in [0.2, 0.25) is 0 Å². The Kier molecular flexibility index (Phi) is 7.73. The number of anilines is 1. The summed E-state index contributed by atoms with van der Waals surface area (Å²) in [6, 6.07) is 9.82. The third-order valence-corrected chi connectivity index (χ3v) is 5.05. The zero-order chi connectivity index (χ0) is 18.4. The van der Waals surface area contributed by atoms with Gasteiger partial charge in [0.05, 0.1) is 6.10 Å². The van der Waals surface area contributed by atoms with Gasteiger partial charge in [0, 0.05) is 37.4 Å². The van der Waals surface area contributed by atoms with Crippen molar-refractivity contribution in [1.29, 1.82) is 0 Å². The van der Waals surface area contributed by atoms with E-state index >= 15 is 0 Å². The van der Waals surface area contributed by atoms with Gasteiger partial charge in [0.25, 0.3) is 0 Å². The van der Waals surface area contributed by atoms with E-state index < -0.39 is 0 Å². The van der Waals surface area contributed by atoms with Gasteiger partial charge in [-0.3, -0.25) is 0 Å². The summed E-state index contributed by atoms with van der Waals surface area (Å²) in [4.78, 5) is 4.64. The average Bonchev–Trinajstić information content (AvgIpc) is 2.54. The molecule has 0 aliphatic carbocycles. The number of aliphatic hydroxyl groups is 1. The average molecular weight is 348 g/mol. The summed E-state index contributed by atoms with van der Waals surface area (Å²) in [5, 5.41) is 13.5. The molecule has 0 bridgehead atoms. The predicted octanol–water partition coefficient (Wildman–Crippen LogP) is 3.27. The minimum atomic E-state index is -0.116. The fourth-order valence-corrected chi connectivity index (χ4v) is 3.75. The molecule has 1 heterocycles. The fourth-order valence-electron chi connectivity index (χ4n) is 3.75. The largest absolute Gasteiger partial charge is 0.393 e. The van der Waals surface area contributed by atoms with E-state index in [0.29, 0.717) is 18.0 Å². The van der Waals surface area contributed by atoms with Crippen LogP contribution in [-0.2, 0) is 0 Å². The van der Waals surface area contributed by atoms with Gasteiger partial charge in [0.1, 0.15) is 0 Å². The van der Waals surface area contributed by atoms with Gasteiger partial charge in [-0.05, 0) is 63.9 Å². The summed E-state index contributed by atoms with van der Waals surface area (Å²) < 4.78 is 0. The summed E-state index contributed by atoms with van der Waals surface area (Å²) in [5.74, 6) is 0.696. The van der Waals surface area contributed by atoms with Crippen LogP contribution in [0.1, 0.15) is 51.6 Å². The second kappa shape index (κ2) is 9.56. The van der Waals surface area contributed by atoms with Crippen molar-refractivity contribution in [1.82, 2.24) is 10.2 Å². The van der Waals surface area contributed by atoms with Crippen LogP contribution < -0.4 is 10.2 Å². The first kappa shape index (κ1) is 20.2. The Labute approximate surface area is 154 Å². The maximum Gasteiger partial charge on any atom is 0.0574 e. The van der Waals surface area contributed by atoms with Crippen molar-refractivity contribution >= 4 is 5.69 Å². The molecule has 0 amide bonds. The number of aliphatic hydroxyl groups excluding tert-OH is 1. The van der Waals surface area contributed by atoms with E-state index in [-0.39, 0.29) is 6.10 Å². The number of benzene rings is 1. The molecule has 2 N–H and O–H groups in total. The molecule has 1 aliphatic rings. The Morgan fingerprint density at radius 2 is 1.72 bits per heavy atom. The molecule has 1 saturated heterocycles. The van der Waals surface area contributed by atoms with E-state index in [4.69, 9.17) is 0 Å². The summed E-state index contributed by atoms with van der Waals surface area (Å²) in [6.07, 6.45) is 2.83. The quantitative estimate of drug-likeness (QED) is 0.757.